The third-order valence-electron chi connectivity index (χ3n) is 8.18. The molecule has 3 aliphatic rings. The minimum absolute atomic E-state index is 0.0266. The van der Waals surface area contributed by atoms with Crippen LogP contribution in [0.4, 0.5) is 0 Å². The van der Waals surface area contributed by atoms with Gasteiger partial charge in [-0.15, -0.1) is 0 Å². The number of hydrogen-bond acceptors (Lipinski definition) is 4. The minimum Gasteiger partial charge on any atom is -0.456 e. The van der Waals surface area contributed by atoms with Crippen LogP contribution in [0, 0.1) is 28.6 Å². The molecular formula is C25H40O4. The molecule has 2 N–H and O–H groups in total. The van der Waals surface area contributed by atoms with Crippen LogP contribution in [0.5, 0.6) is 0 Å². The van der Waals surface area contributed by atoms with Gasteiger partial charge in [0.25, 0.3) is 0 Å². The average Bonchev–Trinajstić information content (AvgIpc) is 2.57. The SMILES string of the molecule is CC(C)=CC(=O)O[C@H]1[C@@H](O)C2=C[C@](O)(C(C)C)CC[C@@H]2[C@@]2(C)CCCC(C)(C)[C@H]12. The molecule has 0 amide bonds. The Labute approximate surface area is 176 Å². The first-order valence-electron chi connectivity index (χ1n) is 11.3. The summed E-state index contributed by atoms with van der Waals surface area (Å²) in [6, 6.07) is 0. The highest BCUT2D eigenvalue weighted by molar-refractivity contribution is 5.82. The normalized spacial score (nSPS) is 41.1. The van der Waals surface area contributed by atoms with Gasteiger partial charge in [0.1, 0.15) is 12.2 Å². The smallest absolute Gasteiger partial charge is 0.331 e. The van der Waals surface area contributed by atoms with E-state index >= 15 is 0 Å². The van der Waals surface area contributed by atoms with Gasteiger partial charge in [-0.3, -0.25) is 0 Å². The molecule has 164 valence electrons. The van der Waals surface area contributed by atoms with Crippen LogP contribution in [0.25, 0.3) is 0 Å². The van der Waals surface area contributed by atoms with Crippen molar-refractivity contribution in [2.24, 2.45) is 28.6 Å². The highest BCUT2D eigenvalue weighted by Gasteiger charge is 2.62. The Morgan fingerprint density at radius 3 is 2.45 bits per heavy atom. The second-order valence-electron chi connectivity index (χ2n) is 11.3. The number of carbonyl (C=O) groups excluding carboxylic acids is 1. The third-order valence-corrected chi connectivity index (χ3v) is 8.18. The molecule has 0 aliphatic heterocycles. The lowest BCUT2D eigenvalue weighted by atomic mass is 9.44. The maximum atomic E-state index is 12.6. The molecule has 0 bridgehead atoms. The Bertz CT molecular complexity index is 714. The van der Waals surface area contributed by atoms with E-state index in [1.165, 1.54) is 6.08 Å². The van der Waals surface area contributed by atoms with Crippen LogP contribution in [-0.2, 0) is 9.53 Å². The van der Waals surface area contributed by atoms with Gasteiger partial charge in [0, 0.05) is 12.0 Å². The van der Waals surface area contributed by atoms with Gasteiger partial charge in [-0.25, -0.2) is 4.79 Å². The number of esters is 1. The fraction of sp³-hybridized carbons (Fsp3) is 0.800. The Morgan fingerprint density at radius 2 is 1.86 bits per heavy atom. The molecule has 29 heavy (non-hydrogen) atoms. The summed E-state index contributed by atoms with van der Waals surface area (Å²) in [7, 11) is 0. The number of hydrogen-bond donors (Lipinski definition) is 2. The van der Waals surface area contributed by atoms with Crippen molar-refractivity contribution in [2.75, 3.05) is 0 Å². The van der Waals surface area contributed by atoms with Gasteiger partial charge in [-0.1, -0.05) is 52.7 Å². The van der Waals surface area contributed by atoms with E-state index in [1.807, 2.05) is 33.8 Å². The third kappa shape index (κ3) is 3.83. The molecule has 0 spiro atoms. The number of ether oxygens (including phenoxy) is 1. The molecule has 4 nitrogen and oxygen atoms in total. The topological polar surface area (TPSA) is 66.8 Å². The molecule has 0 radical (unpaired) electrons. The quantitative estimate of drug-likeness (QED) is 0.403. The number of carbonyl (C=O) groups is 1. The first kappa shape index (κ1) is 22.6. The van der Waals surface area contributed by atoms with Gasteiger partial charge in [0.05, 0.1) is 5.60 Å². The fourth-order valence-corrected chi connectivity index (χ4v) is 6.71. The van der Waals surface area contributed by atoms with E-state index in [4.69, 9.17) is 4.74 Å². The first-order valence-corrected chi connectivity index (χ1v) is 11.3. The number of allylic oxidation sites excluding steroid dienone is 1. The van der Waals surface area contributed by atoms with Crippen molar-refractivity contribution in [1.29, 1.82) is 0 Å². The van der Waals surface area contributed by atoms with Crippen molar-refractivity contribution in [3.8, 4) is 0 Å². The second kappa shape index (κ2) is 7.53. The zero-order chi connectivity index (χ0) is 21.8. The molecule has 3 aliphatic carbocycles. The molecule has 0 heterocycles. The molecule has 0 saturated heterocycles. The summed E-state index contributed by atoms with van der Waals surface area (Å²) < 4.78 is 5.97. The van der Waals surface area contributed by atoms with Crippen LogP contribution in [0.2, 0.25) is 0 Å². The number of aliphatic hydroxyl groups excluding tert-OH is 1. The molecule has 2 saturated carbocycles. The van der Waals surface area contributed by atoms with Gasteiger partial charge in [-0.2, -0.15) is 0 Å². The molecule has 2 fully saturated rings. The Hall–Kier alpha value is -1.13. The molecule has 6 atom stereocenters. The predicted octanol–water partition coefficient (Wildman–Crippen LogP) is 4.80. The van der Waals surface area contributed by atoms with Crippen molar-refractivity contribution in [3.05, 3.63) is 23.3 Å². The lowest BCUT2D eigenvalue weighted by Crippen LogP contribution is -2.62. The largest absolute Gasteiger partial charge is 0.456 e. The summed E-state index contributed by atoms with van der Waals surface area (Å²) in [6.07, 6.45) is 6.83. The van der Waals surface area contributed by atoms with E-state index in [-0.39, 0.29) is 34.6 Å². The summed E-state index contributed by atoms with van der Waals surface area (Å²) in [4.78, 5) is 12.6. The van der Waals surface area contributed by atoms with E-state index in [2.05, 4.69) is 20.8 Å². The zero-order valence-corrected chi connectivity index (χ0v) is 19.3. The monoisotopic (exact) mass is 404 g/mol. The maximum Gasteiger partial charge on any atom is 0.331 e. The lowest BCUT2D eigenvalue weighted by molar-refractivity contribution is -0.191. The average molecular weight is 405 g/mol. The van der Waals surface area contributed by atoms with E-state index in [0.29, 0.717) is 0 Å². The van der Waals surface area contributed by atoms with Crippen LogP contribution in [0.3, 0.4) is 0 Å². The van der Waals surface area contributed by atoms with E-state index in [1.54, 1.807) is 0 Å². The Morgan fingerprint density at radius 1 is 1.21 bits per heavy atom. The standard InChI is InChI=1S/C25H40O4/c1-15(2)13-19(26)29-21-20(27)17-14-25(28,16(3)4)12-9-18(17)24(7)11-8-10-23(5,6)22(21)24/h13-14,16,18,20-22,27-28H,8-12H2,1-7H3/t18-,20-,21-,22-,24+,25-/m0/s1. The van der Waals surface area contributed by atoms with E-state index in [0.717, 1.165) is 43.3 Å². The van der Waals surface area contributed by atoms with Crippen LogP contribution in [0.1, 0.15) is 80.6 Å². The summed E-state index contributed by atoms with van der Waals surface area (Å²) in [5.41, 5.74) is 0.783. The second-order valence-corrected chi connectivity index (χ2v) is 11.3. The highest BCUT2D eigenvalue weighted by atomic mass is 16.6. The van der Waals surface area contributed by atoms with Crippen molar-refractivity contribution >= 4 is 5.97 Å². The predicted molar refractivity (Wildman–Crippen MR) is 115 cm³/mol. The van der Waals surface area contributed by atoms with E-state index < -0.39 is 17.8 Å². The molecule has 0 aromatic heterocycles. The number of fused-ring (bicyclic) bond motifs is 3. The van der Waals surface area contributed by atoms with Gasteiger partial charge in [-0.05, 0) is 67.8 Å². The minimum atomic E-state index is -0.908. The first-order chi connectivity index (χ1) is 13.3. The summed E-state index contributed by atoms with van der Waals surface area (Å²) in [5, 5.41) is 22.6. The van der Waals surface area contributed by atoms with Crippen LogP contribution in [-0.4, -0.2) is 34.0 Å². The van der Waals surface area contributed by atoms with Crippen molar-refractivity contribution in [2.45, 2.75) is 98.4 Å². The number of rotatable bonds is 3. The van der Waals surface area contributed by atoms with Crippen molar-refractivity contribution in [1.82, 2.24) is 0 Å². The van der Waals surface area contributed by atoms with Crippen molar-refractivity contribution < 1.29 is 19.7 Å². The molecule has 0 unspecified atom stereocenters. The summed E-state index contributed by atoms with van der Waals surface area (Å²) >= 11 is 0. The zero-order valence-electron chi connectivity index (χ0n) is 19.3. The molecule has 0 aromatic carbocycles. The highest BCUT2D eigenvalue weighted by Crippen LogP contribution is 2.64. The van der Waals surface area contributed by atoms with Crippen LogP contribution in [0.15, 0.2) is 23.3 Å². The molecule has 4 heteroatoms. The van der Waals surface area contributed by atoms with Crippen LogP contribution < -0.4 is 0 Å². The van der Waals surface area contributed by atoms with Crippen LogP contribution >= 0.6 is 0 Å². The van der Waals surface area contributed by atoms with Gasteiger partial charge >= 0.3 is 5.97 Å². The summed E-state index contributed by atoms with van der Waals surface area (Å²) in [6.45, 7) is 14.6. The molecule has 3 rings (SSSR count). The maximum absolute atomic E-state index is 12.6. The van der Waals surface area contributed by atoms with Gasteiger partial charge in [0.15, 0.2) is 0 Å². The molecular weight excluding hydrogens is 364 g/mol. The lowest BCUT2D eigenvalue weighted by Gasteiger charge is -2.62. The van der Waals surface area contributed by atoms with E-state index in [9.17, 15) is 15.0 Å². The number of aliphatic hydroxyl groups is 2. The summed E-state index contributed by atoms with van der Waals surface area (Å²) in [5.74, 6) is -0.00457. The van der Waals surface area contributed by atoms with Gasteiger partial charge in [0.2, 0.25) is 0 Å². The molecule has 0 aromatic rings. The fourth-order valence-electron chi connectivity index (χ4n) is 6.71. The van der Waals surface area contributed by atoms with Gasteiger partial charge < -0.3 is 14.9 Å². The Balaban J connectivity index is 2.09. The Kier molecular flexibility index (Phi) is 5.86. The van der Waals surface area contributed by atoms with Crippen molar-refractivity contribution in [3.63, 3.8) is 0 Å².